The van der Waals surface area contributed by atoms with Gasteiger partial charge in [0.1, 0.15) is 0 Å². The summed E-state index contributed by atoms with van der Waals surface area (Å²) in [6, 6.07) is 9.09. The van der Waals surface area contributed by atoms with Gasteiger partial charge in [0.05, 0.1) is 13.2 Å². The minimum absolute atomic E-state index is 0.0727. The summed E-state index contributed by atoms with van der Waals surface area (Å²) in [5.74, 6) is -0.0727. The maximum atomic E-state index is 11.7. The van der Waals surface area contributed by atoms with Crippen LogP contribution in [-0.4, -0.2) is 60.4 Å². The lowest BCUT2D eigenvalue weighted by Gasteiger charge is -2.19. The Hall–Kier alpha value is -1.43. The van der Waals surface area contributed by atoms with Crippen LogP contribution in [0.2, 0.25) is 0 Å². The van der Waals surface area contributed by atoms with Crippen LogP contribution in [0, 0.1) is 0 Å². The Labute approximate surface area is 113 Å². The molecule has 0 bridgehead atoms. The number of aliphatic hydroxyl groups is 2. The lowest BCUT2D eigenvalue weighted by Crippen LogP contribution is -2.33. The van der Waals surface area contributed by atoms with E-state index in [4.69, 9.17) is 10.2 Å². The van der Waals surface area contributed by atoms with Crippen molar-refractivity contribution >= 4 is 5.91 Å². The van der Waals surface area contributed by atoms with Crippen LogP contribution < -0.4 is 5.32 Å². The maximum absolute atomic E-state index is 11.7. The van der Waals surface area contributed by atoms with Crippen molar-refractivity contribution in [3.63, 3.8) is 0 Å². The zero-order valence-corrected chi connectivity index (χ0v) is 11.1. The molecule has 5 nitrogen and oxygen atoms in total. The standard InChI is InChI=1S/C14H22N2O3/c17-11-9-16(10-12-18)8-4-7-15-14(19)13-5-2-1-3-6-13/h1-3,5-6,17-18H,4,7-12H2,(H,15,19). The van der Waals surface area contributed by atoms with E-state index in [0.717, 1.165) is 13.0 Å². The summed E-state index contributed by atoms with van der Waals surface area (Å²) in [6.07, 6.45) is 0.790. The van der Waals surface area contributed by atoms with Crippen molar-refractivity contribution in [2.75, 3.05) is 39.4 Å². The predicted molar refractivity (Wildman–Crippen MR) is 74.0 cm³/mol. The quantitative estimate of drug-likeness (QED) is 0.554. The Balaban J connectivity index is 2.21. The molecule has 19 heavy (non-hydrogen) atoms. The molecule has 106 valence electrons. The molecule has 5 heteroatoms. The highest BCUT2D eigenvalue weighted by Crippen LogP contribution is 1.98. The van der Waals surface area contributed by atoms with Gasteiger partial charge in [-0.25, -0.2) is 0 Å². The van der Waals surface area contributed by atoms with E-state index in [-0.39, 0.29) is 19.1 Å². The molecule has 0 atom stereocenters. The van der Waals surface area contributed by atoms with Gasteiger partial charge in [0, 0.05) is 25.2 Å². The molecule has 0 saturated carbocycles. The zero-order valence-electron chi connectivity index (χ0n) is 11.1. The smallest absolute Gasteiger partial charge is 0.251 e. The molecule has 1 aromatic carbocycles. The fraction of sp³-hybridized carbons (Fsp3) is 0.500. The van der Waals surface area contributed by atoms with Crippen molar-refractivity contribution in [2.24, 2.45) is 0 Å². The molecule has 0 aliphatic carbocycles. The summed E-state index contributed by atoms with van der Waals surface area (Å²) in [4.78, 5) is 13.7. The molecule has 1 amide bonds. The maximum Gasteiger partial charge on any atom is 0.251 e. The summed E-state index contributed by atoms with van der Waals surface area (Å²) in [5, 5.41) is 20.6. The van der Waals surface area contributed by atoms with E-state index in [1.54, 1.807) is 12.1 Å². The summed E-state index contributed by atoms with van der Waals surface area (Å²) < 4.78 is 0. The van der Waals surface area contributed by atoms with Crippen LogP contribution in [0.3, 0.4) is 0 Å². The highest BCUT2D eigenvalue weighted by molar-refractivity contribution is 5.94. The molecule has 3 N–H and O–H groups in total. The van der Waals surface area contributed by atoms with Gasteiger partial charge in [-0.3, -0.25) is 9.69 Å². The summed E-state index contributed by atoms with van der Waals surface area (Å²) in [6.45, 7) is 2.59. The van der Waals surface area contributed by atoms with Crippen molar-refractivity contribution in [3.8, 4) is 0 Å². The number of hydrogen-bond donors (Lipinski definition) is 3. The molecule has 0 saturated heterocycles. The van der Waals surface area contributed by atoms with Gasteiger partial charge in [0.15, 0.2) is 0 Å². The van der Waals surface area contributed by atoms with Gasteiger partial charge in [-0.1, -0.05) is 18.2 Å². The van der Waals surface area contributed by atoms with E-state index in [9.17, 15) is 4.79 Å². The van der Waals surface area contributed by atoms with Crippen LogP contribution in [0.4, 0.5) is 0 Å². The van der Waals surface area contributed by atoms with Crippen LogP contribution in [0.5, 0.6) is 0 Å². The summed E-state index contributed by atoms with van der Waals surface area (Å²) in [7, 11) is 0. The van der Waals surface area contributed by atoms with Crippen molar-refractivity contribution in [1.29, 1.82) is 0 Å². The van der Waals surface area contributed by atoms with Gasteiger partial charge in [0.2, 0.25) is 0 Å². The average Bonchev–Trinajstić information content (AvgIpc) is 2.44. The molecule has 0 unspecified atom stereocenters. The number of benzene rings is 1. The predicted octanol–water partition coefficient (Wildman–Crippen LogP) is 0.0931. The Morgan fingerprint density at radius 1 is 1.05 bits per heavy atom. The van der Waals surface area contributed by atoms with Crippen molar-refractivity contribution in [3.05, 3.63) is 35.9 Å². The van der Waals surface area contributed by atoms with E-state index < -0.39 is 0 Å². The first-order valence-corrected chi connectivity index (χ1v) is 6.55. The SMILES string of the molecule is O=C(NCCCN(CCO)CCO)c1ccccc1. The largest absolute Gasteiger partial charge is 0.395 e. The second kappa shape index (κ2) is 9.49. The first kappa shape index (κ1) is 15.6. The molecule has 1 aromatic rings. The van der Waals surface area contributed by atoms with Crippen LogP contribution >= 0.6 is 0 Å². The number of aliphatic hydroxyl groups excluding tert-OH is 2. The molecule has 1 rings (SSSR count). The lowest BCUT2D eigenvalue weighted by molar-refractivity contribution is 0.0949. The Bertz CT molecular complexity index is 351. The van der Waals surface area contributed by atoms with Crippen molar-refractivity contribution in [2.45, 2.75) is 6.42 Å². The molecular weight excluding hydrogens is 244 g/mol. The van der Waals surface area contributed by atoms with Crippen molar-refractivity contribution in [1.82, 2.24) is 10.2 Å². The number of carbonyl (C=O) groups excluding carboxylic acids is 1. The number of rotatable bonds is 9. The third-order valence-corrected chi connectivity index (χ3v) is 2.81. The monoisotopic (exact) mass is 266 g/mol. The fourth-order valence-electron chi connectivity index (χ4n) is 1.81. The molecule has 0 spiro atoms. The number of amides is 1. The van der Waals surface area contributed by atoms with Crippen molar-refractivity contribution < 1.29 is 15.0 Å². The van der Waals surface area contributed by atoms with Gasteiger partial charge in [-0.15, -0.1) is 0 Å². The lowest BCUT2D eigenvalue weighted by atomic mass is 10.2. The van der Waals surface area contributed by atoms with Gasteiger partial charge in [0.25, 0.3) is 5.91 Å². The number of nitrogens with zero attached hydrogens (tertiary/aromatic N) is 1. The minimum atomic E-state index is -0.0727. The van der Waals surface area contributed by atoms with Gasteiger partial charge < -0.3 is 15.5 Å². The summed E-state index contributed by atoms with van der Waals surface area (Å²) in [5.41, 5.74) is 0.657. The molecule has 0 fully saturated rings. The number of carbonyl (C=O) groups is 1. The normalized spacial score (nSPS) is 10.7. The van der Waals surface area contributed by atoms with E-state index in [0.29, 0.717) is 25.2 Å². The Kier molecular flexibility index (Phi) is 7.81. The molecule has 0 aliphatic rings. The average molecular weight is 266 g/mol. The summed E-state index contributed by atoms with van der Waals surface area (Å²) >= 11 is 0. The molecule has 0 heterocycles. The third-order valence-electron chi connectivity index (χ3n) is 2.81. The van der Waals surface area contributed by atoms with Crippen LogP contribution in [0.25, 0.3) is 0 Å². The van der Waals surface area contributed by atoms with E-state index >= 15 is 0 Å². The highest BCUT2D eigenvalue weighted by Gasteiger charge is 2.05. The van der Waals surface area contributed by atoms with Crippen LogP contribution in [-0.2, 0) is 0 Å². The van der Waals surface area contributed by atoms with E-state index in [1.807, 2.05) is 23.1 Å². The molecule has 0 radical (unpaired) electrons. The molecule has 0 aliphatic heterocycles. The van der Waals surface area contributed by atoms with Crippen LogP contribution in [0.15, 0.2) is 30.3 Å². The third kappa shape index (κ3) is 6.33. The zero-order chi connectivity index (χ0) is 13.9. The second-order valence-electron chi connectivity index (χ2n) is 4.26. The topological polar surface area (TPSA) is 72.8 Å². The van der Waals surface area contributed by atoms with Gasteiger partial charge in [-0.2, -0.15) is 0 Å². The number of nitrogens with one attached hydrogen (secondary N) is 1. The van der Waals surface area contributed by atoms with Crippen LogP contribution in [0.1, 0.15) is 16.8 Å². The Morgan fingerprint density at radius 2 is 1.68 bits per heavy atom. The second-order valence-corrected chi connectivity index (χ2v) is 4.26. The van der Waals surface area contributed by atoms with Gasteiger partial charge >= 0.3 is 0 Å². The number of hydrogen-bond acceptors (Lipinski definition) is 4. The minimum Gasteiger partial charge on any atom is -0.395 e. The fourth-order valence-corrected chi connectivity index (χ4v) is 1.81. The first-order chi connectivity index (χ1) is 9.27. The van der Waals surface area contributed by atoms with E-state index in [2.05, 4.69) is 5.32 Å². The van der Waals surface area contributed by atoms with E-state index in [1.165, 1.54) is 0 Å². The molecule has 0 aromatic heterocycles. The highest BCUT2D eigenvalue weighted by atomic mass is 16.3. The van der Waals surface area contributed by atoms with Gasteiger partial charge in [-0.05, 0) is 25.1 Å². The Morgan fingerprint density at radius 3 is 2.26 bits per heavy atom. The first-order valence-electron chi connectivity index (χ1n) is 6.55. The molecular formula is C14H22N2O3.